The Bertz CT molecular complexity index is 408. The number of benzene rings is 1. The molecule has 0 aliphatic heterocycles. The third kappa shape index (κ3) is 3.16. The molecule has 0 saturated heterocycles. The van der Waals surface area contributed by atoms with Crippen LogP contribution in [0.1, 0.15) is 51.2 Å². The minimum absolute atomic E-state index is 0.0260. The number of methoxy groups -OCH3 is 1. The minimum atomic E-state index is 0.0260. The summed E-state index contributed by atoms with van der Waals surface area (Å²) in [5.74, 6) is 1.01. The molecule has 0 saturated carbocycles. The van der Waals surface area contributed by atoms with E-state index >= 15 is 0 Å². The van der Waals surface area contributed by atoms with Crippen molar-refractivity contribution < 1.29 is 9.84 Å². The monoisotopic (exact) mass is 251 g/mol. The molecule has 1 atom stereocenters. The SMILES string of the molecule is COc1cc(C(C)(C)C)cc(C(C)CCN)c1O. The molecule has 0 amide bonds. The first kappa shape index (κ1) is 14.8. The van der Waals surface area contributed by atoms with E-state index in [1.165, 1.54) is 0 Å². The lowest BCUT2D eigenvalue weighted by molar-refractivity contribution is 0.366. The largest absolute Gasteiger partial charge is 0.504 e. The highest BCUT2D eigenvalue weighted by Crippen LogP contribution is 2.39. The molecule has 0 bridgehead atoms. The van der Waals surface area contributed by atoms with Gasteiger partial charge in [-0.15, -0.1) is 0 Å². The predicted octanol–water partition coefficient (Wildman–Crippen LogP) is 3.15. The van der Waals surface area contributed by atoms with Crippen LogP contribution in [0.15, 0.2) is 12.1 Å². The van der Waals surface area contributed by atoms with E-state index in [-0.39, 0.29) is 17.1 Å². The van der Waals surface area contributed by atoms with Gasteiger partial charge in [0.2, 0.25) is 0 Å². The van der Waals surface area contributed by atoms with Gasteiger partial charge in [-0.25, -0.2) is 0 Å². The Labute approximate surface area is 110 Å². The van der Waals surface area contributed by atoms with E-state index in [9.17, 15) is 5.11 Å². The lowest BCUT2D eigenvalue weighted by atomic mass is 9.83. The number of phenols is 1. The molecule has 0 aliphatic rings. The van der Waals surface area contributed by atoms with Gasteiger partial charge in [-0.05, 0) is 35.9 Å². The molecule has 102 valence electrons. The van der Waals surface area contributed by atoms with Gasteiger partial charge in [0.05, 0.1) is 7.11 Å². The molecule has 1 aromatic carbocycles. The highest BCUT2D eigenvalue weighted by Gasteiger charge is 2.21. The molecule has 3 N–H and O–H groups in total. The van der Waals surface area contributed by atoms with Crippen LogP contribution >= 0.6 is 0 Å². The molecule has 3 nitrogen and oxygen atoms in total. The van der Waals surface area contributed by atoms with Crippen molar-refractivity contribution in [3.8, 4) is 11.5 Å². The van der Waals surface area contributed by atoms with E-state index in [1.807, 2.05) is 6.07 Å². The van der Waals surface area contributed by atoms with Crippen molar-refractivity contribution in [1.29, 1.82) is 0 Å². The summed E-state index contributed by atoms with van der Waals surface area (Å²) in [5, 5.41) is 10.2. The summed E-state index contributed by atoms with van der Waals surface area (Å²) in [4.78, 5) is 0. The van der Waals surface area contributed by atoms with Gasteiger partial charge in [0.25, 0.3) is 0 Å². The van der Waals surface area contributed by atoms with Gasteiger partial charge in [-0.3, -0.25) is 0 Å². The maximum Gasteiger partial charge on any atom is 0.161 e. The molecule has 0 spiro atoms. The first-order valence-corrected chi connectivity index (χ1v) is 6.42. The van der Waals surface area contributed by atoms with Crippen LogP contribution < -0.4 is 10.5 Å². The third-order valence-corrected chi connectivity index (χ3v) is 3.32. The Morgan fingerprint density at radius 2 is 1.94 bits per heavy atom. The molecular weight excluding hydrogens is 226 g/mol. The second-order valence-corrected chi connectivity index (χ2v) is 5.84. The normalized spacial score (nSPS) is 13.4. The Hall–Kier alpha value is -1.22. The second kappa shape index (κ2) is 5.61. The van der Waals surface area contributed by atoms with Crippen molar-refractivity contribution in [1.82, 2.24) is 0 Å². The third-order valence-electron chi connectivity index (χ3n) is 3.32. The predicted molar refractivity (Wildman–Crippen MR) is 75.4 cm³/mol. The summed E-state index contributed by atoms with van der Waals surface area (Å²) in [6.45, 7) is 9.14. The molecule has 1 unspecified atom stereocenters. The van der Waals surface area contributed by atoms with Gasteiger partial charge >= 0.3 is 0 Å². The highest BCUT2D eigenvalue weighted by molar-refractivity contribution is 5.51. The number of hydrogen-bond donors (Lipinski definition) is 2. The Kier molecular flexibility index (Phi) is 4.63. The summed E-state index contributed by atoms with van der Waals surface area (Å²) in [7, 11) is 1.58. The summed E-state index contributed by atoms with van der Waals surface area (Å²) < 4.78 is 5.27. The van der Waals surface area contributed by atoms with Crippen LogP contribution in [0, 0.1) is 0 Å². The fourth-order valence-electron chi connectivity index (χ4n) is 2.00. The lowest BCUT2D eigenvalue weighted by Crippen LogP contribution is -2.13. The molecule has 0 fully saturated rings. The van der Waals surface area contributed by atoms with Crippen LogP contribution in [0.3, 0.4) is 0 Å². The smallest absolute Gasteiger partial charge is 0.161 e. The van der Waals surface area contributed by atoms with Gasteiger partial charge in [-0.2, -0.15) is 0 Å². The van der Waals surface area contributed by atoms with Gasteiger partial charge in [-0.1, -0.05) is 33.8 Å². The summed E-state index contributed by atoms with van der Waals surface area (Å²) in [5.41, 5.74) is 7.71. The molecule has 18 heavy (non-hydrogen) atoms. The first-order valence-electron chi connectivity index (χ1n) is 6.42. The summed E-state index contributed by atoms with van der Waals surface area (Å²) in [6.07, 6.45) is 0.851. The zero-order valence-corrected chi connectivity index (χ0v) is 12.1. The van der Waals surface area contributed by atoms with Crippen LogP contribution in [0.25, 0.3) is 0 Å². The van der Waals surface area contributed by atoms with Gasteiger partial charge < -0.3 is 15.6 Å². The highest BCUT2D eigenvalue weighted by atomic mass is 16.5. The van der Waals surface area contributed by atoms with Crippen LogP contribution in [-0.4, -0.2) is 18.8 Å². The summed E-state index contributed by atoms with van der Waals surface area (Å²) >= 11 is 0. The van der Waals surface area contributed by atoms with Gasteiger partial charge in [0.1, 0.15) is 0 Å². The fourth-order valence-corrected chi connectivity index (χ4v) is 2.00. The average molecular weight is 251 g/mol. The minimum Gasteiger partial charge on any atom is -0.504 e. The van der Waals surface area contributed by atoms with E-state index in [0.29, 0.717) is 12.3 Å². The molecule has 0 radical (unpaired) electrons. The number of phenolic OH excluding ortho intramolecular Hbond substituents is 1. The second-order valence-electron chi connectivity index (χ2n) is 5.84. The molecular formula is C15H25NO2. The quantitative estimate of drug-likeness (QED) is 0.864. The number of nitrogens with two attached hydrogens (primary N) is 1. The Morgan fingerprint density at radius 3 is 2.39 bits per heavy atom. The number of rotatable bonds is 4. The molecule has 1 rings (SSSR count). The first-order chi connectivity index (χ1) is 8.31. The molecule has 3 heteroatoms. The number of hydrogen-bond acceptors (Lipinski definition) is 3. The molecule has 0 aromatic heterocycles. The van der Waals surface area contributed by atoms with E-state index in [0.717, 1.165) is 17.5 Å². The number of ether oxygens (including phenoxy) is 1. The zero-order chi connectivity index (χ0) is 13.9. The fraction of sp³-hybridized carbons (Fsp3) is 0.600. The van der Waals surface area contributed by atoms with E-state index in [4.69, 9.17) is 10.5 Å². The van der Waals surface area contributed by atoms with Crippen LogP contribution in [0.4, 0.5) is 0 Å². The van der Waals surface area contributed by atoms with Gasteiger partial charge in [0.15, 0.2) is 11.5 Å². The summed E-state index contributed by atoms with van der Waals surface area (Å²) in [6, 6.07) is 3.98. The average Bonchev–Trinajstić information content (AvgIpc) is 2.28. The van der Waals surface area contributed by atoms with Crippen molar-refractivity contribution >= 4 is 0 Å². The maximum absolute atomic E-state index is 10.2. The Balaban J connectivity index is 3.31. The van der Waals surface area contributed by atoms with Crippen LogP contribution in [0.2, 0.25) is 0 Å². The molecule has 0 aliphatic carbocycles. The van der Waals surface area contributed by atoms with E-state index in [1.54, 1.807) is 7.11 Å². The van der Waals surface area contributed by atoms with Gasteiger partial charge in [0, 0.05) is 5.56 Å². The van der Waals surface area contributed by atoms with Crippen molar-refractivity contribution in [3.05, 3.63) is 23.3 Å². The van der Waals surface area contributed by atoms with Crippen LogP contribution in [-0.2, 0) is 5.41 Å². The van der Waals surface area contributed by atoms with E-state index < -0.39 is 0 Å². The van der Waals surface area contributed by atoms with Crippen molar-refractivity contribution in [2.45, 2.75) is 45.4 Å². The Morgan fingerprint density at radius 1 is 1.33 bits per heavy atom. The standard InChI is InChI=1S/C15H25NO2/c1-10(6-7-16)12-8-11(15(2,3)4)9-13(18-5)14(12)17/h8-10,17H,6-7,16H2,1-5H3. The maximum atomic E-state index is 10.2. The van der Waals surface area contributed by atoms with E-state index in [2.05, 4.69) is 33.8 Å². The molecule has 0 heterocycles. The van der Waals surface area contributed by atoms with Crippen molar-refractivity contribution in [3.63, 3.8) is 0 Å². The van der Waals surface area contributed by atoms with Crippen molar-refractivity contribution in [2.75, 3.05) is 13.7 Å². The zero-order valence-electron chi connectivity index (χ0n) is 12.1. The van der Waals surface area contributed by atoms with Crippen LogP contribution in [0.5, 0.6) is 11.5 Å². The molecule has 1 aromatic rings. The topological polar surface area (TPSA) is 55.5 Å². The van der Waals surface area contributed by atoms with Crippen molar-refractivity contribution in [2.24, 2.45) is 5.73 Å². The lowest BCUT2D eigenvalue weighted by Gasteiger charge is -2.23. The number of aromatic hydroxyl groups is 1.